The molecule has 9 rings (SSSR count). The highest BCUT2D eigenvalue weighted by Crippen LogP contribution is 2.56. The minimum absolute atomic E-state index is 0.0368. The zero-order valence-electron chi connectivity index (χ0n) is 32.9. The van der Waals surface area contributed by atoms with Gasteiger partial charge >= 0.3 is 0 Å². The maximum absolute atomic E-state index is 5.85. The molecular weight excluding hydrogens is 727 g/mol. The van der Waals surface area contributed by atoms with Crippen LogP contribution in [-0.4, -0.2) is 0 Å². The van der Waals surface area contributed by atoms with Gasteiger partial charge in [0.2, 0.25) is 0 Å². The van der Waals surface area contributed by atoms with Gasteiger partial charge in [-0.1, -0.05) is 81.9 Å². The molecule has 2 aromatic heterocycles. The molecule has 2 aliphatic rings. The summed E-state index contributed by atoms with van der Waals surface area (Å²) in [4.78, 5) is 4.85. The highest BCUT2D eigenvalue weighted by Gasteiger charge is 2.42. The van der Waals surface area contributed by atoms with Crippen molar-refractivity contribution < 1.29 is 0 Å². The third-order valence-corrected chi connectivity index (χ3v) is 15.2. The lowest BCUT2D eigenvalue weighted by Gasteiger charge is -2.30. The Balaban J connectivity index is 1.11. The lowest BCUT2D eigenvalue weighted by molar-refractivity contribution is 0.490. The van der Waals surface area contributed by atoms with Crippen molar-refractivity contribution in [1.82, 2.24) is 0 Å². The average molecular weight is 770 g/mol. The SMILES string of the molecule is C#Cc1ccc(N(c2ccc(-c3ccc4c(c3)C(CC)(CC)c3ccc(C#C)cc3-4)s2)c2ccc(-c3ccc4c(c3)C(CC)(CC)c3ccc(C#C)cc3-4)s2)cc1. The molecule has 7 aromatic rings. The maximum Gasteiger partial charge on any atom is 0.101 e. The summed E-state index contributed by atoms with van der Waals surface area (Å²) in [5.74, 6) is 8.50. The molecule has 0 saturated carbocycles. The molecule has 0 atom stereocenters. The van der Waals surface area contributed by atoms with Crippen LogP contribution in [0.15, 0.2) is 121 Å². The molecule has 0 radical (unpaired) electrons. The third-order valence-electron chi connectivity index (χ3n) is 13.0. The Hall–Kier alpha value is -6.02. The van der Waals surface area contributed by atoms with Gasteiger partial charge in [0.05, 0.1) is 0 Å². The minimum Gasteiger partial charge on any atom is -0.293 e. The standard InChI is InChI=1S/C54H43NS2/c1-8-35-15-21-40(22-16-35)55(51-29-27-49(56-51)38-19-23-41-43-31-36(9-2)17-25-45(43)53(11-4,12-5)47(41)33-38)52-30-28-50(57-52)39-20-24-42-44-32-37(10-3)18-26-46(44)54(13-6,14-7)48(42)34-39/h1-3,15-34H,11-14H2,4-7H3. The molecular formula is C54H43NS2. The Morgan fingerprint density at radius 2 is 0.860 bits per heavy atom. The van der Waals surface area contributed by atoms with Crippen molar-refractivity contribution in [3.05, 3.63) is 160 Å². The Labute approximate surface area is 346 Å². The van der Waals surface area contributed by atoms with Crippen molar-refractivity contribution in [1.29, 1.82) is 0 Å². The van der Waals surface area contributed by atoms with Crippen LogP contribution in [0.3, 0.4) is 0 Å². The van der Waals surface area contributed by atoms with Crippen LogP contribution >= 0.6 is 22.7 Å². The summed E-state index contributed by atoms with van der Waals surface area (Å²) >= 11 is 3.64. The van der Waals surface area contributed by atoms with Crippen molar-refractivity contribution in [3.63, 3.8) is 0 Å². The second-order valence-electron chi connectivity index (χ2n) is 15.2. The Kier molecular flexibility index (Phi) is 9.10. The average Bonchev–Trinajstić information content (AvgIpc) is 4.06. The van der Waals surface area contributed by atoms with Crippen LogP contribution in [0.1, 0.15) is 92.3 Å². The summed E-state index contributed by atoms with van der Waals surface area (Å²) in [5.41, 5.74) is 16.9. The first kappa shape index (κ1) is 36.6. The van der Waals surface area contributed by atoms with E-state index in [1.54, 1.807) is 0 Å². The maximum atomic E-state index is 5.85. The van der Waals surface area contributed by atoms with Gasteiger partial charge in [-0.15, -0.1) is 41.9 Å². The first-order valence-corrected chi connectivity index (χ1v) is 21.6. The molecule has 0 spiro atoms. The van der Waals surface area contributed by atoms with E-state index in [0.29, 0.717) is 0 Å². The summed E-state index contributed by atoms with van der Waals surface area (Å²) in [6.07, 6.45) is 21.6. The van der Waals surface area contributed by atoms with E-state index in [2.05, 4.69) is 160 Å². The normalized spacial score (nSPS) is 13.8. The van der Waals surface area contributed by atoms with Crippen molar-refractivity contribution in [2.24, 2.45) is 0 Å². The molecule has 0 fully saturated rings. The molecule has 1 nitrogen and oxygen atoms in total. The fourth-order valence-corrected chi connectivity index (χ4v) is 11.9. The molecule has 5 aromatic carbocycles. The van der Waals surface area contributed by atoms with Gasteiger partial charge < -0.3 is 0 Å². The lowest BCUT2D eigenvalue weighted by Crippen LogP contribution is -2.23. The number of anilines is 3. The van der Waals surface area contributed by atoms with E-state index in [1.165, 1.54) is 65.4 Å². The van der Waals surface area contributed by atoms with Gasteiger partial charge in [-0.3, -0.25) is 4.90 Å². The molecule has 0 N–H and O–H groups in total. The van der Waals surface area contributed by atoms with Gasteiger partial charge in [-0.25, -0.2) is 0 Å². The number of nitrogens with zero attached hydrogens (tertiary/aromatic N) is 1. The monoisotopic (exact) mass is 769 g/mol. The molecule has 3 heteroatoms. The Morgan fingerprint density at radius 1 is 0.439 bits per heavy atom. The number of fused-ring (bicyclic) bond motifs is 6. The van der Waals surface area contributed by atoms with E-state index in [1.807, 2.05) is 34.8 Å². The van der Waals surface area contributed by atoms with Crippen molar-refractivity contribution >= 4 is 38.4 Å². The number of terminal acetylenes is 3. The van der Waals surface area contributed by atoms with Gasteiger partial charge in [0.25, 0.3) is 0 Å². The smallest absolute Gasteiger partial charge is 0.101 e. The second kappa shape index (κ2) is 14.2. The van der Waals surface area contributed by atoms with E-state index < -0.39 is 0 Å². The third kappa shape index (κ3) is 5.55. The zero-order chi connectivity index (χ0) is 39.5. The van der Waals surface area contributed by atoms with Gasteiger partial charge in [0, 0.05) is 43.0 Å². The minimum atomic E-state index is -0.0368. The van der Waals surface area contributed by atoms with E-state index in [4.69, 9.17) is 19.3 Å². The molecule has 0 aliphatic heterocycles. The van der Waals surface area contributed by atoms with Gasteiger partial charge in [0.15, 0.2) is 0 Å². The summed E-state index contributed by atoms with van der Waals surface area (Å²) in [7, 11) is 0. The van der Waals surface area contributed by atoms with Crippen LogP contribution in [0.25, 0.3) is 43.1 Å². The van der Waals surface area contributed by atoms with Crippen LogP contribution in [0, 0.1) is 37.0 Å². The number of rotatable bonds is 9. The van der Waals surface area contributed by atoms with E-state index in [0.717, 1.165) is 58.1 Å². The largest absolute Gasteiger partial charge is 0.293 e. The second-order valence-corrected chi connectivity index (χ2v) is 17.3. The number of hydrogen-bond donors (Lipinski definition) is 0. The lowest BCUT2D eigenvalue weighted by atomic mass is 9.73. The molecule has 2 heterocycles. The van der Waals surface area contributed by atoms with Crippen molar-refractivity contribution in [3.8, 4) is 80.2 Å². The van der Waals surface area contributed by atoms with Gasteiger partial charge in [-0.2, -0.15) is 0 Å². The summed E-state index contributed by atoms with van der Waals surface area (Å²) < 4.78 is 0. The highest BCUT2D eigenvalue weighted by atomic mass is 32.1. The molecule has 276 valence electrons. The molecule has 0 unspecified atom stereocenters. The van der Waals surface area contributed by atoms with Crippen LogP contribution < -0.4 is 4.90 Å². The van der Waals surface area contributed by atoms with Crippen molar-refractivity contribution in [2.75, 3.05) is 4.90 Å². The van der Waals surface area contributed by atoms with Gasteiger partial charge in [-0.05, 0) is 166 Å². The van der Waals surface area contributed by atoms with E-state index in [9.17, 15) is 0 Å². The Morgan fingerprint density at radius 3 is 1.26 bits per heavy atom. The first-order valence-electron chi connectivity index (χ1n) is 19.9. The van der Waals surface area contributed by atoms with Crippen LogP contribution in [0.5, 0.6) is 0 Å². The van der Waals surface area contributed by atoms with Crippen LogP contribution in [0.2, 0.25) is 0 Å². The number of benzene rings is 5. The molecule has 0 amide bonds. The fourth-order valence-electron chi connectivity index (χ4n) is 9.79. The Bertz CT molecular complexity index is 2660. The number of thiophene rings is 2. The first-order chi connectivity index (χ1) is 27.8. The quantitative estimate of drug-likeness (QED) is 0.132. The predicted octanol–water partition coefficient (Wildman–Crippen LogP) is 14.7. The summed E-state index contributed by atoms with van der Waals surface area (Å²) in [5, 5.41) is 2.30. The van der Waals surface area contributed by atoms with Crippen LogP contribution in [0.4, 0.5) is 15.7 Å². The zero-order valence-corrected chi connectivity index (χ0v) is 34.5. The molecule has 0 bridgehead atoms. The molecule has 2 aliphatic carbocycles. The molecule has 57 heavy (non-hydrogen) atoms. The predicted molar refractivity (Wildman–Crippen MR) is 245 cm³/mol. The van der Waals surface area contributed by atoms with Gasteiger partial charge in [0.1, 0.15) is 10.0 Å². The van der Waals surface area contributed by atoms with E-state index >= 15 is 0 Å². The van der Waals surface area contributed by atoms with Crippen LogP contribution in [-0.2, 0) is 10.8 Å². The fraction of sp³-hybridized carbons (Fsp3) is 0.185. The highest BCUT2D eigenvalue weighted by molar-refractivity contribution is 7.21. The number of hydrogen-bond acceptors (Lipinski definition) is 3. The van der Waals surface area contributed by atoms with E-state index in [-0.39, 0.29) is 10.8 Å². The summed E-state index contributed by atoms with van der Waals surface area (Å²) in [6.45, 7) is 9.25. The topological polar surface area (TPSA) is 3.24 Å². The summed E-state index contributed by atoms with van der Waals surface area (Å²) in [6, 6.07) is 44.6. The van der Waals surface area contributed by atoms with Crippen molar-refractivity contribution in [2.45, 2.75) is 64.2 Å². The molecule has 0 saturated heterocycles.